The van der Waals surface area contributed by atoms with E-state index in [1.807, 2.05) is 0 Å². The smallest absolute Gasteiger partial charge is 0.279 e. The van der Waals surface area contributed by atoms with Crippen LogP contribution in [0.4, 0.5) is 15.8 Å². The lowest BCUT2D eigenvalue weighted by atomic mass is 10.1. The van der Waals surface area contributed by atoms with Crippen LogP contribution in [0.15, 0.2) is 48.5 Å². The van der Waals surface area contributed by atoms with E-state index in [1.165, 1.54) is 31.2 Å². The van der Waals surface area contributed by atoms with Gasteiger partial charge in [-0.25, -0.2) is 4.39 Å². The number of hydrogen-bond donors (Lipinski definition) is 3. The van der Waals surface area contributed by atoms with Crippen LogP contribution in [-0.2, 0) is 9.59 Å². The van der Waals surface area contributed by atoms with E-state index in [4.69, 9.17) is 0 Å². The molecular formula is C19H21FN3O3+. The highest BCUT2D eigenvalue weighted by molar-refractivity contribution is 6.03. The van der Waals surface area contributed by atoms with Crippen LogP contribution in [-0.4, -0.2) is 37.7 Å². The van der Waals surface area contributed by atoms with Crippen LogP contribution in [0.3, 0.4) is 0 Å². The SMILES string of the molecule is CC(=O)c1ccccc1NC(=O)C[NH+](C)CC(=O)Nc1ccc(F)cc1. The van der Waals surface area contributed by atoms with Crippen molar-refractivity contribution in [3.05, 3.63) is 59.9 Å². The van der Waals surface area contributed by atoms with Crippen molar-refractivity contribution in [2.45, 2.75) is 6.92 Å². The number of nitrogens with one attached hydrogen (secondary N) is 3. The second-order valence-electron chi connectivity index (χ2n) is 6.02. The van der Waals surface area contributed by atoms with Crippen LogP contribution < -0.4 is 15.5 Å². The van der Waals surface area contributed by atoms with Crippen molar-refractivity contribution >= 4 is 29.0 Å². The zero-order valence-electron chi connectivity index (χ0n) is 14.6. The highest BCUT2D eigenvalue weighted by atomic mass is 19.1. The summed E-state index contributed by atoms with van der Waals surface area (Å²) < 4.78 is 12.9. The number of amides is 2. The number of quaternary nitrogens is 1. The van der Waals surface area contributed by atoms with Gasteiger partial charge in [-0.05, 0) is 43.3 Å². The highest BCUT2D eigenvalue weighted by Crippen LogP contribution is 2.15. The summed E-state index contributed by atoms with van der Waals surface area (Å²) in [5, 5.41) is 5.34. The maximum Gasteiger partial charge on any atom is 0.279 e. The van der Waals surface area contributed by atoms with E-state index in [-0.39, 0.29) is 36.5 Å². The minimum Gasteiger partial charge on any atom is -0.322 e. The molecule has 0 aliphatic heterocycles. The van der Waals surface area contributed by atoms with E-state index < -0.39 is 0 Å². The number of para-hydroxylation sites is 1. The molecule has 0 bridgehead atoms. The maximum atomic E-state index is 12.9. The van der Waals surface area contributed by atoms with Crippen LogP contribution in [0.2, 0.25) is 0 Å². The van der Waals surface area contributed by atoms with Gasteiger partial charge in [-0.1, -0.05) is 12.1 Å². The zero-order valence-corrected chi connectivity index (χ0v) is 14.6. The average molecular weight is 358 g/mol. The summed E-state index contributed by atoms with van der Waals surface area (Å²) in [7, 11) is 1.71. The van der Waals surface area contributed by atoms with Gasteiger partial charge in [0.2, 0.25) is 0 Å². The number of likely N-dealkylation sites (N-methyl/N-ethyl adjacent to an activating group) is 1. The van der Waals surface area contributed by atoms with Crippen molar-refractivity contribution in [2.24, 2.45) is 0 Å². The number of carbonyl (C=O) groups excluding carboxylic acids is 3. The van der Waals surface area contributed by atoms with E-state index >= 15 is 0 Å². The highest BCUT2D eigenvalue weighted by Gasteiger charge is 2.16. The Bertz CT molecular complexity index is 806. The number of benzene rings is 2. The third-order valence-electron chi connectivity index (χ3n) is 3.63. The van der Waals surface area contributed by atoms with Gasteiger partial charge in [-0.2, -0.15) is 0 Å². The number of hydrogen-bond acceptors (Lipinski definition) is 3. The lowest BCUT2D eigenvalue weighted by Crippen LogP contribution is -3.11. The van der Waals surface area contributed by atoms with Gasteiger partial charge < -0.3 is 15.5 Å². The molecule has 2 aromatic rings. The first-order chi connectivity index (χ1) is 12.3. The molecule has 0 saturated heterocycles. The first kappa shape index (κ1) is 19.3. The first-order valence-electron chi connectivity index (χ1n) is 8.11. The Morgan fingerprint density at radius 2 is 1.50 bits per heavy atom. The molecule has 3 N–H and O–H groups in total. The average Bonchev–Trinajstić information content (AvgIpc) is 2.56. The van der Waals surface area contributed by atoms with Gasteiger partial charge in [-0.15, -0.1) is 0 Å². The normalized spacial score (nSPS) is 11.5. The minimum atomic E-state index is -0.381. The Hall–Kier alpha value is -3.06. The van der Waals surface area contributed by atoms with Gasteiger partial charge >= 0.3 is 0 Å². The Kier molecular flexibility index (Phi) is 6.57. The zero-order chi connectivity index (χ0) is 19.1. The standard InChI is InChI=1S/C19H20FN3O3/c1-13(24)16-5-3-4-6-17(16)22-19(26)12-23(2)11-18(25)21-15-9-7-14(20)8-10-15/h3-10H,11-12H2,1-2H3,(H,21,25)(H,22,26)/p+1. The van der Waals surface area contributed by atoms with Crippen molar-refractivity contribution in [1.29, 1.82) is 0 Å². The van der Waals surface area contributed by atoms with E-state index in [0.717, 1.165) is 0 Å². The van der Waals surface area contributed by atoms with Gasteiger partial charge in [-0.3, -0.25) is 14.4 Å². The summed E-state index contributed by atoms with van der Waals surface area (Å²) in [6.45, 7) is 1.56. The molecule has 26 heavy (non-hydrogen) atoms. The molecular weight excluding hydrogens is 337 g/mol. The van der Waals surface area contributed by atoms with Crippen molar-refractivity contribution in [3.63, 3.8) is 0 Å². The van der Waals surface area contributed by atoms with Crippen molar-refractivity contribution in [3.8, 4) is 0 Å². The molecule has 0 aliphatic carbocycles. The van der Waals surface area contributed by atoms with E-state index in [0.29, 0.717) is 21.8 Å². The molecule has 0 aliphatic rings. The van der Waals surface area contributed by atoms with Gasteiger partial charge in [0.05, 0.1) is 12.7 Å². The first-order valence-corrected chi connectivity index (χ1v) is 8.11. The van der Waals surface area contributed by atoms with E-state index in [1.54, 1.807) is 31.3 Å². The van der Waals surface area contributed by atoms with Crippen LogP contribution in [0, 0.1) is 5.82 Å². The molecule has 0 heterocycles. The van der Waals surface area contributed by atoms with Gasteiger partial charge in [0.15, 0.2) is 18.9 Å². The second-order valence-corrected chi connectivity index (χ2v) is 6.02. The lowest BCUT2D eigenvalue weighted by molar-refractivity contribution is -0.862. The molecule has 7 heteroatoms. The fraction of sp³-hybridized carbons (Fsp3) is 0.211. The van der Waals surface area contributed by atoms with Crippen molar-refractivity contribution < 1.29 is 23.7 Å². The summed E-state index contributed by atoms with van der Waals surface area (Å²) in [5.74, 6) is -1.11. The molecule has 0 fully saturated rings. The van der Waals surface area contributed by atoms with Crippen molar-refractivity contribution in [1.82, 2.24) is 0 Å². The molecule has 0 spiro atoms. The molecule has 2 amide bonds. The number of anilines is 2. The molecule has 1 atom stereocenters. The van der Waals surface area contributed by atoms with Crippen molar-refractivity contribution in [2.75, 3.05) is 30.8 Å². The quantitative estimate of drug-likeness (QED) is 0.649. The molecule has 2 rings (SSSR count). The third kappa shape index (κ3) is 5.78. The summed E-state index contributed by atoms with van der Waals surface area (Å²) >= 11 is 0. The number of ketones is 1. The third-order valence-corrected chi connectivity index (χ3v) is 3.63. The Balaban J connectivity index is 1.86. The molecule has 0 aromatic heterocycles. The number of carbonyl (C=O) groups is 3. The van der Waals surface area contributed by atoms with Gasteiger partial charge in [0.25, 0.3) is 11.8 Å². The predicted molar refractivity (Wildman–Crippen MR) is 96.7 cm³/mol. The Morgan fingerprint density at radius 1 is 0.923 bits per heavy atom. The largest absolute Gasteiger partial charge is 0.322 e. The molecule has 0 radical (unpaired) electrons. The van der Waals surface area contributed by atoms with Gasteiger partial charge in [0.1, 0.15) is 5.82 Å². The van der Waals surface area contributed by atoms with Gasteiger partial charge in [0, 0.05) is 11.3 Å². The molecule has 1 unspecified atom stereocenters. The Morgan fingerprint density at radius 3 is 2.12 bits per heavy atom. The van der Waals surface area contributed by atoms with E-state index in [9.17, 15) is 18.8 Å². The summed E-state index contributed by atoms with van der Waals surface area (Å²) in [6.07, 6.45) is 0. The summed E-state index contributed by atoms with van der Waals surface area (Å²) in [4.78, 5) is 36.4. The lowest BCUT2D eigenvalue weighted by Gasteiger charge is -2.14. The fourth-order valence-electron chi connectivity index (χ4n) is 2.44. The topological polar surface area (TPSA) is 79.7 Å². The minimum absolute atomic E-state index is 0.0586. The number of halogens is 1. The predicted octanol–water partition coefficient (Wildman–Crippen LogP) is 1.12. The van der Waals surface area contributed by atoms with Crippen LogP contribution >= 0.6 is 0 Å². The van der Waals surface area contributed by atoms with Crippen LogP contribution in [0.5, 0.6) is 0 Å². The monoisotopic (exact) mass is 358 g/mol. The Labute approximate surface area is 151 Å². The molecule has 136 valence electrons. The molecule has 6 nitrogen and oxygen atoms in total. The fourth-order valence-corrected chi connectivity index (χ4v) is 2.44. The summed E-state index contributed by atoms with van der Waals surface area (Å²) in [5.41, 5.74) is 1.38. The van der Waals surface area contributed by atoms with Crippen LogP contribution in [0.1, 0.15) is 17.3 Å². The second kappa shape index (κ2) is 8.87. The number of Topliss-reactive ketones (excluding diaryl/α,β-unsaturated/α-hetero) is 1. The van der Waals surface area contributed by atoms with E-state index in [2.05, 4.69) is 10.6 Å². The van der Waals surface area contributed by atoms with Crippen LogP contribution in [0.25, 0.3) is 0 Å². The molecule has 0 saturated carbocycles. The number of rotatable bonds is 7. The maximum absolute atomic E-state index is 12.9. The summed E-state index contributed by atoms with van der Waals surface area (Å²) in [6, 6.07) is 12.2. The molecule has 2 aromatic carbocycles.